The van der Waals surface area contributed by atoms with Crippen molar-refractivity contribution >= 4 is 52.5 Å². The Hall–Kier alpha value is -2.90. The summed E-state index contributed by atoms with van der Waals surface area (Å²) in [5.41, 5.74) is 5.55. The van der Waals surface area contributed by atoms with Gasteiger partial charge in [0.25, 0.3) is 0 Å². The largest absolute Gasteiger partial charge is 0.454 e. The van der Waals surface area contributed by atoms with Crippen molar-refractivity contribution in [2.45, 2.75) is 45.8 Å². The molecular formula is C23H24Cl2N2O5. The lowest BCUT2D eigenvalue weighted by Gasteiger charge is -2.25. The fraction of sp³-hybridized carbons (Fsp3) is 0.304. The molecule has 0 unspecified atom stereocenters. The van der Waals surface area contributed by atoms with Gasteiger partial charge in [-0.25, -0.2) is 4.79 Å². The quantitative estimate of drug-likeness (QED) is 0.328. The lowest BCUT2D eigenvalue weighted by Crippen LogP contribution is -2.36. The van der Waals surface area contributed by atoms with Crippen LogP contribution in [0.3, 0.4) is 0 Å². The van der Waals surface area contributed by atoms with E-state index in [2.05, 4.69) is 0 Å². The molecule has 0 aromatic heterocycles. The van der Waals surface area contributed by atoms with E-state index in [9.17, 15) is 19.2 Å². The van der Waals surface area contributed by atoms with Gasteiger partial charge in [0.2, 0.25) is 17.6 Å². The van der Waals surface area contributed by atoms with Gasteiger partial charge < -0.3 is 15.4 Å². The van der Waals surface area contributed by atoms with Crippen molar-refractivity contribution in [3.8, 4) is 0 Å². The minimum absolute atomic E-state index is 0.0500. The monoisotopic (exact) mass is 478 g/mol. The highest BCUT2D eigenvalue weighted by Crippen LogP contribution is 2.26. The van der Waals surface area contributed by atoms with Gasteiger partial charge in [-0.2, -0.15) is 0 Å². The highest BCUT2D eigenvalue weighted by Gasteiger charge is 2.29. The Kier molecular flexibility index (Phi) is 8.41. The first-order valence-electron chi connectivity index (χ1n) is 9.84. The SMILES string of the molecule is CCC(C)(C)OC(=O)C(=O)CC(=O)N(Cc1cccc(Cl)c1)c1ccc(C(N)=O)c(Cl)c1. The third-order valence-electron chi connectivity index (χ3n) is 4.82. The number of amides is 2. The third kappa shape index (κ3) is 6.80. The maximum atomic E-state index is 13.0. The Morgan fingerprint density at radius 3 is 2.31 bits per heavy atom. The number of ketones is 1. The Morgan fingerprint density at radius 1 is 1.06 bits per heavy atom. The zero-order valence-electron chi connectivity index (χ0n) is 18.0. The van der Waals surface area contributed by atoms with E-state index in [4.69, 9.17) is 33.7 Å². The molecule has 0 saturated heterocycles. The summed E-state index contributed by atoms with van der Waals surface area (Å²) in [6.07, 6.45) is -0.194. The number of rotatable bonds is 9. The van der Waals surface area contributed by atoms with Gasteiger partial charge in [0.05, 0.1) is 23.6 Å². The van der Waals surface area contributed by atoms with Gasteiger partial charge in [0.15, 0.2) is 0 Å². The lowest BCUT2D eigenvalue weighted by atomic mass is 10.1. The molecule has 2 aromatic carbocycles. The number of ether oxygens (including phenoxy) is 1. The van der Waals surface area contributed by atoms with E-state index in [0.29, 0.717) is 22.7 Å². The molecule has 7 nitrogen and oxygen atoms in total. The average molecular weight is 479 g/mol. The number of carbonyl (C=O) groups is 4. The van der Waals surface area contributed by atoms with E-state index in [1.807, 2.05) is 6.92 Å². The molecule has 0 atom stereocenters. The number of esters is 1. The summed E-state index contributed by atoms with van der Waals surface area (Å²) in [4.78, 5) is 50.3. The van der Waals surface area contributed by atoms with Gasteiger partial charge in [-0.15, -0.1) is 0 Å². The summed E-state index contributed by atoms with van der Waals surface area (Å²) in [6.45, 7) is 5.21. The van der Waals surface area contributed by atoms with E-state index in [1.54, 1.807) is 38.1 Å². The van der Waals surface area contributed by atoms with Crippen molar-refractivity contribution in [3.63, 3.8) is 0 Å². The van der Waals surface area contributed by atoms with Crippen molar-refractivity contribution < 1.29 is 23.9 Å². The minimum atomic E-state index is -1.07. The second-order valence-corrected chi connectivity index (χ2v) is 8.58. The van der Waals surface area contributed by atoms with Gasteiger partial charge in [-0.05, 0) is 56.2 Å². The second kappa shape index (κ2) is 10.6. The van der Waals surface area contributed by atoms with Crippen molar-refractivity contribution in [3.05, 3.63) is 63.6 Å². The molecule has 0 saturated carbocycles. The fourth-order valence-electron chi connectivity index (χ4n) is 2.70. The van der Waals surface area contributed by atoms with Crippen LogP contribution in [0.1, 0.15) is 49.5 Å². The molecule has 9 heteroatoms. The van der Waals surface area contributed by atoms with Crippen LogP contribution in [0.25, 0.3) is 0 Å². The molecule has 2 aromatic rings. The van der Waals surface area contributed by atoms with Crippen molar-refractivity contribution in [2.75, 3.05) is 4.90 Å². The summed E-state index contributed by atoms with van der Waals surface area (Å²) >= 11 is 12.2. The number of anilines is 1. The van der Waals surface area contributed by atoms with E-state index in [-0.39, 0.29) is 17.1 Å². The molecule has 0 aliphatic carbocycles. The molecule has 32 heavy (non-hydrogen) atoms. The molecule has 0 heterocycles. The number of halogens is 2. The molecule has 0 bridgehead atoms. The van der Waals surface area contributed by atoms with Crippen LogP contribution < -0.4 is 10.6 Å². The maximum absolute atomic E-state index is 13.0. The number of hydrogen-bond acceptors (Lipinski definition) is 5. The number of nitrogens with two attached hydrogens (primary N) is 1. The molecule has 0 spiro atoms. The zero-order chi connectivity index (χ0) is 24.1. The average Bonchev–Trinajstić information content (AvgIpc) is 2.71. The van der Waals surface area contributed by atoms with Crippen LogP contribution in [-0.2, 0) is 25.7 Å². The molecule has 0 aliphatic rings. The van der Waals surface area contributed by atoms with Crippen LogP contribution in [0.2, 0.25) is 10.0 Å². The van der Waals surface area contributed by atoms with Crippen molar-refractivity contribution in [2.24, 2.45) is 5.73 Å². The number of hydrogen-bond donors (Lipinski definition) is 1. The number of benzene rings is 2. The molecule has 0 fully saturated rings. The first-order chi connectivity index (χ1) is 14.9. The predicted octanol–water partition coefficient (Wildman–Crippen LogP) is 4.32. The smallest absolute Gasteiger partial charge is 0.375 e. The minimum Gasteiger partial charge on any atom is -0.454 e. The third-order valence-corrected chi connectivity index (χ3v) is 5.37. The second-order valence-electron chi connectivity index (χ2n) is 7.74. The van der Waals surface area contributed by atoms with Gasteiger partial charge in [-0.3, -0.25) is 14.4 Å². The maximum Gasteiger partial charge on any atom is 0.375 e. The highest BCUT2D eigenvalue weighted by molar-refractivity contribution is 6.38. The van der Waals surface area contributed by atoms with E-state index in [1.165, 1.54) is 23.1 Å². The lowest BCUT2D eigenvalue weighted by molar-refractivity contribution is -0.164. The number of primary amides is 1. The normalized spacial score (nSPS) is 11.0. The standard InChI is InChI=1S/C23H24Cl2N2O5/c1-4-23(2,3)32-22(31)19(28)12-20(29)27(13-14-6-5-7-15(24)10-14)16-8-9-17(21(26)30)18(25)11-16/h5-11H,4,12-13H2,1-3H3,(H2,26,30). The Morgan fingerprint density at radius 2 is 1.75 bits per heavy atom. The fourth-order valence-corrected chi connectivity index (χ4v) is 3.18. The summed E-state index contributed by atoms with van der Waals surface area (Å²) in [6, 6.07) is 11.1. The van der Waals surface area contributed by atoms with Crippen molar-refractivity contribution in [1.82, 2.24) is 0 Å². The van der Waals surface area contributed by atoms with Gasteiger partial charge in [-0.1, -0.05) is 42.3 Å². The van der Waals surface area contributed by atoms with E-state index < -0.39 is 35.6 Å². The van der Waals surface area contributed by atoms with E-state index >= 15 is 0 Å². The highest BCUT2D eigenvalue weighted by atomic mass is 35.5. The molecule has 2 N–H and O–H groups in total. The molecule has 0 radical (unpaired) electrons. The first kappa shape index (κ1) is 25.4. The molecular weight excluding hydrogens is 455 g/mol. The van der Waals surface area contributed by atoms with Crippen LogP contribution >= 0.6 is 23.2 Å². The summed E-state index contributed by atoms with van der Waals surface area (Å²) in [7, 11) is 0. The first-order valence-corrected chi connectivity index (χ1v) is 10.6. The topological polar surface area (TPSA) is 107 Å². The van der Waals surface area contributed by atoms with Crippen LogP contribution in [0.15, 0.2) is 42.5 Å². The van der Waals surface area contributed by atoms with Gasteiger partial charge in [0.1, 0.15) is 5.60 Å². The molecule has 170 valence electrons. The Balaban J connectivity index is 2.32. The zero-order valence-corrected chi connectivity index (χ0v) is 19.5. The van der Waals surface area contributed by atoms with Crippen LogP contribution in [0.5, 0.6) is 0 Å². The van der Waals surface area contributed by atoms with Crippen LogP contribution in [0, 0.1) is 0 Å². The summed E-state index contributed by atoms with van der Waals surface area (Å²) in [5, 5.41) is 0.521. The summed E-state index contributed by atoms with van der Waals surface area (Å²) in [5.74, 6) is -3.41. The molecule has 2 rings (SSSR count). The molecule has 2 amide bonds. The number of carbonyl (C=O) groups excluding carboxylic acids is 4. The Bertz CT molecular complexity index is 1050. The van der Waals surface area contributed by atoms with Gasteiger partial charge in [0, 0.05) is 10.7 Å². The van der Waals surface area contributed by atoms with E-state index in [0.717, 1.165) is 0 Å². The van der Waals surface area contributed by atoms with Crippen LogP contribution in [-0.4, -0.2) is 29.2 Å². The summed E-state index contributed by atoms with van der Waals surface area (Å²) < 4.78 is 5.18. The molecule has 0 aliphatic heterocycles. The predicted molar refractivity (Wildman–Crippen MR) is 123 cm³/mol. The van der Waals surface area contributed by atoms with Gasteiger partial charge >= 0.3 is 5.97 Å². The van der Waals surface area contributed by atoms with Crippen molar-refractivity contribution in [1.29, 1.82) is 0 Å². The number of Topliss-reactive ketones (excluding diaryl/α,β-unsaturated/α-hetero) is 1. The van der Waals surface area contributed by atoms with Crippen LogP contribution in [0.4, 0.5) is 5.69 Å². The number of nitrogens with zero attached hydrogens (tertiary/aromatic N) is 1. The Labute approximate surface area is 196 Å².